The van der Waals surface area contributed by atoms with Crippen molar-refractivity contribution in [1.82, 2.24) is 4.98 Å². The second-order valence-corrected chi connectivity index (χ2v) is 6.18. The van der Waals surface area contributed by atoms with Crippen LogP contribution in [-0.4, -0.2) is 39.4 Å². The first-order valence-electron chi connectivity index (χ1n) is 8.59. The van der Waals surface area contributed by atoms with E-state index in [-0.39, 0.29) is 6.61 Å². The van der Waals surface area contributed by atoms with Crippen molar-refractivity contribution in [3.05, 3.63) is 41.6 Å². The minimum absolute atomic E-state index is 0.138. The van der Waals surface area contributed by atoms with E-state index in [1.807, 2.05) is 30.3 Å². The Labute approximate surface area is 161 Å². The minimum Gasteiger partial charge on any atom is -0.497 e. The number of nitrogens with zero attached hydrogens (tertiary/aromatic N) is 1. The number of benzene rings is 2. The van der Waals surface area contributed by atoms with Crippen LogP contribution in [0.5, 0.6) is 23.0 Å². The van der Waals surface area contributed by atoms with Crippen LogP contribution in [0.3, 0.4) is 0 Å². The van der Waals surface area contributed by atoms with E-state index in [1.165, 1.54) is 0 Å². The Morgan fingerprint density at radius 3 is 2.21 bits per heavy atom. The number of cyclic esters (lactones) is 1. The molecule has 7 nitrogen and oxygen atoms in total. The van der Waals surface area contributed by atoms with Gasteiger partial charge in [0.2, 0.25) is 5.75 Å². The first-order valence-corrected chi connectivity index (χ1v) is 8.59. The molecule has 3 aromatic rings. The molecule has 0 unspecified atom stereocenters. The highest BCUT2D eigenvalue weighted by Crippen LogP contribution is 2.45. The third-order valence-electron chi connectivity index (χ3n) is 4.77. The van der Waals surface area contributed by atoms with E-state index < -0.39 is 5.97 Å². The fourth-order valence-electron chi connectivity index (χ4n) is 3.48. The van der Waals surface area contributed by atoms with Gasteiger partial charge in [0, 0.05) is 17.0 Å². The maximum absolute atomic E-state index is 12.5. The fourth-order valence-corrected chi connectivity index (χ4v) is 3.48. The minimum atomic E-state index is -0.399. The average Bonchev–Trinajstić information content (AvgIpc) is 3.10. The van der Waals surface area contributed by atoms with Crippen molar-refractivity contribution in [3.8, 4) is 34.1 Å². The van der Waals surface area contributed by atoms with Crippen LogP contribution >= 0.6 is 0 Å². The Morgan fingerprint density at radius 1 is 0.893 bits per heavy atom. The number of pyridine rings is 1. The summed E-state index contributed by atoms with van der Waals surface area (Å²) < 4.78 is 26.9. The van der Waals surface area contributed by atoms with Crippen molar-refractivity contribution in [3.63, 3.8) is 0 Å². The predicted molar refractivity (Wildman–Crippen MR) is 103 cm³/mol. The lowest BCUT2D eigenvalue weighted by atomic mass is 9.94. The zero-order valence-corrected chi connectivity index (χ0v) is 16.0. The lowest BCUT2D eigenvalue weighted by Crippen LogP contribution is -2.02. The summed E-state index contributed by atoms with van der Waals surface area (Å²) in [4.78, 5) is 17.1. The molecule has 0 saturated carbocycles. The zero-order valence-electron chi connectivity index (χ0n) is 16.0. The standard InChI is InChI=1S/C21H19NO6/c1-24-12-5-6-13-14(9-12)22-15-10-28-21(23)19(15)18(13)11-7-16(25-2)20(27-4)17(8-11)26-3/h5-9H,10H2,1-4H3. The van der Waals surface area contributed by atoms with Gasteiger partial charge in [-0.25, -0.2) is 9.78 Å². The molecule has 2 aromatic carbocycles. The van der Waals surface area contributed by atoms with Crippen molar-refractivity contribution in [2.24, 2.45) is 0 Å². The van der Waals surface area contributed by atoms with Gasteiger partial charge in [0.1, 0.15) is 12.4 Å². The topological polar surface area (TPSA) is 76.1 Å². The highest BCUT2D eigenvalue weighted by Gasteiger charge is 2.30. The Bertz CT molecular complexity index is 1070. The molecule has 0 N–H and O–H groups in total. The number of methoxy groups -OCH3 is 4. The molecule has 4 rings (SSSR count). The van der Waals surface area contributed by atoms with Crippen LogP contribution in [0.1, 0.15) is 16.1 Å². The molecule has 0 amide bonds. The number of fused-ring (bicyclic) bond motifs is 2. The van der Waals surface area contributed by atoms with Crippen molar-refractivity contribution in [2.75, 3.05) is 28.4 Å². The summed E-state index contributed by atoms with van der Waals surface area (Å²) in [5.74, 6) is 1.75. The van der Waals surface area contributed by atoms with E-state index in [0.29, 0.717) is 45.3 Å². The molecule has 1 aromatic heterocycles. The molecule has 28 heavy (non-hydrogen) atoms. The number of carbonyl (C=O) groups is 1. The number of carbonyl (C=O) groups excluding carboxylic acids is 1. The highest BCUT2D eigenvalue weighted by molar-refractivity contribution is 6.09. The Balaban J connectivity index is 2.08. The molecular weight excluding hydrogens is 362 g/mol. The summed E-state index contributed by atoms with van der Waals surface area (Å²) in [7, 11) is 6.25. The highest BCUT2D eigenvalue weighted by atomic mass is 16.5. The van der Waals surface area contributed by atoms with Crippen LogP contribution < -0.4 is 18.9 Å². The maximum atomic E-state index is 12.5. The number of hydrogen-bond donors (Lipinski definition) is 0. The first-order chi connectivity index (χ1) is 13.6. The van der Waals surface area contributed by atoms with Crippen LogP contribution in [-0.2, 0) is 11.3 Å². The molecule has 0 fully saturated rings. The van der Waals surface area contributed by atoms with Gasteiger partial charge in [-0.1, -0.05) is 0 Å². The number of esters is 1. The fraction of sp³-hybridized carbons (Fsp3) is 0.238. The molecule has 0 radical (unpaired) electrons. The van der Waals surface area contributed by atoms with E-state index in [9.17, 15) is 4.79 Å². The third-order valence-corrected chi connectivity index (χ3v) is 4.77. The number of hydrogen-bond acceptors (Lipinski definition) is 7. The lowest BCUT2D eigenvalue weighted by Gasteiger charge is -2.16. The molecule has 0 saturated heterocycles. The van der Waals surface area contributed by atoms with Gasteiger partial charge in [-0.05, 0) is 29.8 Å². The maximum Gasteiger partial charge on any atom is 0.341 e. The molecule has 0 aliphatic carbocycles. The number of rotatable bonds is 5. The van der Waals surface area contributed by atoms with E-state index >= 15 is 0 Å². The Morgan fingerprint density at radius 2 is 1.61 bits per heavy atom. The van der Waals surface area contributed by atoms with Gasteiger partial charge in [0.15, 0.2) is 11.5 Å². The molecule has 0 spiro atoms. The van der Waals surface area contributed by atoms with Gasteiger partial charge in [0.25, 0.3) is 0 Å². The summed E-state index contributed by atoms with van der Waals surface area (Å²) in [5.41, 5.74) is 3.20. The van der Waals surface area contributed by atoms with Gasteiger partial charge in [-0.2, -0.15) is 0 Å². The molecule has 1 aliphatic rings. The molecule has 7 heteroatoms. The molecular formula is C21H19NO6. The molecule has 0 bridgehead atoms. The zero-order chi connectivity index (χ0) is 19.8. The van der Waals surface area contributed by atoms with Gasteiger partial charge >= 0.3 is 5.97 Å². The summed E-state index contributed by atoms with van der Waals surface area (Å²) in [6.45, 7) is 0.138. The molecule has 144 valence electrons. The first kappa shape index (κ1) is 17.9. The van der Waals surface area contributed by atoms with Gasteiger partial charge in [0.05, 0.1) is 45.2 Å². The van der Waals surface area contributed by atoms with Crippen LogP contribution in [0.2, 0.25) is 0 Å². The molecule has 0 atom stereocenters. The van der Waals surface area contributed by atoms with E-state index in [0.717, 1.165) is 10.9 Å². The van der Waals surface area contributed by atoms with Gasteiger partial charge < -0.3 is 23.7 Å². The molecule has 2 heterocycles. The molecule has 1 aliphatic heterocycles. The van der Waals surface area contributed by atoms with Crippen molar-refractivity contribution in [2.45, 2.75) is 6.61 Å². The largest absolute Gasteiger partial charge is 0.497 e. The van der Waals surface area contributed by atoms with E-state index in [1.54, 1.807) is 28.4 Å². The SMILES string of the molecule is COc1ccc2c(-c3cc(OC)c(OC)c(OC)c3)c3c(nc2c1)COC3=O. The van der Waals surface area contributed by atoms with Gasteiger partial charge in [-0.3, -0.25) is 0 Å². The smallest absolute Gasteiger partial charge is 0.341 e. The average molecular weight is 381 g/mol. The van der Waals surface area contributed by atoms with Crippen LogP contribution in [0.25, 0.3) is 22.0 Å². The van der Waals surface area contributed by atoms with Crippen LogP contribution in [0, 0.1) is 0 Å². The lowest BCUT2D eigenvalue weighted by molar-refractivity contribution is 0.0534. The monoisotopic (exact) mass is 381 g/mol. The second-order valence-electron chi connectivity index (χ2n) is 6.18. The summed E-state index contributed by atoms with van der Waals surface area (Å²) in [5, 5.41) is 0.799. The predicted octanol–water partition coefficient (Wildman–Crippen LogP) is 3.61. The normalized spacial score (nSPS) is 12.5. The van der Waals surface area contributed by atoms with Crippen molar-refractivity contribution < 1.29 is 28.5 Å². The number of ether oxygens (including phenoxy) is 5. The van der Waals surface area contributed by atoms with E-state index in [2.05, 4.69) is 4.98 Å². The third kappa shape index (κ3) is 2.67. The quantitative estimate of drug-likeness (QED) is 0.625. The van der Waals surface area contributed by atoms with Crippen molar-refractivity contribution in [1.29, 1.82) is 0 Å². The van der Waals surface area contributed by atoms with Crippen molar-refractivity contribution >= 4 is 16.9 Å². The van der Waals surface area contributed by atoms with Crippen LogP contribution in [0.15, 0.2) is 30.3 Å². The summed E-state index contributed by atoms with van der Waals surface area (Å²) in [6, 6.07) is 9.17. The second kappa shape index (κ2) is 6.92. The summed E-state index contributed by atoms with van der Waals surface area (Å²) >= 11 is 0. The Kier molecular flexibility index (Phi) is 4.43. The Hall–Kier alpha value is -3.48. The van der Waals surface area contributed by atoms with Gasteiger partial charge in [-0.15, -0.1) is 0 Å². The van der Waals surface area contributed by atoms with E-state index in [4.69, 9.17) is 23.7 Å². The van der Waals surface area contributed by atoms with Crippen LogP contribution in [0.4, 0.5) is 0 Å². The summed E-state index contributed by atoms with van der Waals surface area (Å²) in [6.07, 6.45) is 0. The number of aromatic nitrogens is 1.